The lowest BCUT2D eigenvalue weighted by Gasteiger charge is -2.26. The van der Waals surface area contributed by atoms with Gasteiger partial charge in [0.15, 0.2) is 0 Å². The molecule has 2 aromatic rings. The maximum Gasteiger partial charge on any atom is 0.387 e. The highest BCUT2D eigenvalue weighted by Crippen LogP contribution is 2.38. The van der Waals surface area contributed by atoms with Crippen LogP contribution in [0.2, 0.25) is 5.15 Å². The van der Waals surface area contributed by atoms with Crippen molar-refractivity contribution in [3.05, 3.63) is 45.7 Å². The Kier molecular flexibility index (Phi) is 7.78. The zero-order valence-corrected chi connectivity index (χ0v) is 17.0. The van der Waals surface area contributed by atoms with Crippen LogP contribution in [0.15, 0.2) is 34.9 Å². The number of alkyl halides is 2. The molecule has 0 spiro atoms. The third-order valence-electron chi connectivity index (χ3n) is 3.80. The second-order valence-electron chi connectivity index (χ2n) is 5.69. The largest absolute Gasteiger partial charge is 0.468 e. The lowest BCUT2D eigenvalue weighted by molar-refractivity contribution is -0.142. The van der Waals surface area contributed by atoms with Crippen LogP contribution in [0.25, 0.3) is 0 Å². The molecule has 2 rings (SSSR count). The van der Waals surface area contributed by atoms with Gasteiger partial charge < -0.3 is 26.3 Å². The lowest BCUT2D eigenvalue weighted by atomic mass is 9.98. The molecule has 0 unspecified atom stereocenters. The second kappa shape index (κ2) is 9.85. The van der Waals surface area contributed by atoms with Gasteiger partial charge in [-0.05, 0) is 18.6 Å². The van der Waals surface area contributed by atoms with Gasteiger partial charge >= 0.3 is 12.6 Å². The number of hydrogen-bond donors (Lipinski definition) is 3. The van der Waals surface area contributed by atoms with Gasteiger partial charge in [-0.2, -0.15) is 8.78 Å². The predicted octanol–water partition coefficient (Wildman–Crippen LogP) is 3.72. The van der Waals surface area contributed by atoms with Gasteiger partial charge in [0.1, 0.15) is 16.9 Å². The smallest absolute Gasteiger partial charge is 0.387 e. The topological polar surface area (TPSA) is 112 Å². The number of nitrogen functional groups attached to an aromatic ring is 1. The third-order valence-corrected chi connectivity index (χ3v) is 4.70. The zero-order chi connectivity index (χ0) is 20.8. The fourth-order valence-corrected chi connectivity index (χ4v) is 3.34. The normalized spacial score (nSPS) is 13.1. The van der Waals surface area contributed by atoms with Crippen molar-refractivity contribution in [2.75, 3.05) is 18.2 Å². The standard InChI is InChI=1S/C17H18BrClF2N4O3/c1-27-16(26)9(22)5-12(25-11-6-14(19)24-7-10(11)23)15-8(18)3-2-4-13(15)28-17(20)21/h2-4,6-7,9,12,17H,5,22-23H2,1H3,(H,24,25)/t9-,12-/m1/s1. The Morgan fingerprint density at radius 2 is 2.14 bits per heavy atom. The molecule has 0 aliphatic carbocycles. The van der Waals surface area contributed by atoms with E-state index in [0.29, 0.717) is 15.7 Å². The van der Waals surface area contributed by atoms with Gasteiger partial charge in [0.05, 0.1) is 30.7 Å². The highest BCUT2D eigenvalue weighted by atomic mass is 79.9. The molecule has 2 atom stereocenters. The van der Waals surface area contributed by atoms with Crippen LogP contribution in [0.1, 0.15) is 18.0 Å². The van der Waals surface area contributed by atoms with E-state index in [1.807, 2.05) is 0 Å². The van der Waals surface area contributed by atoms with Crippen molar-refractivity contribution in [3.63, 3.8) is 0 Å². The third kappa shape index (κ3) is 5.66. The number of ether oxygens (including phenoxy) is 2. The van der Waals surface area contributed by atoms with Crippen molar-refractivity contribution >= 4 is 44.9 Å². The highest BCUT2D eigenvalue weighted by Gasteiger charge is 2.27. The van der Waals surface area contributed by atoms with Crippen molar-refractivity contribution < 1.29 is 23.0 Å². The first-order valence-electron chi connectivity index (χ1n) is 7.97. The van der Waals surface area contributed by atoms with Crippen LogP contribution in [0.4, 0.5) is 20.2 Å². The van der Waals surface area contributed by atoms with Crippen molar-refractivity contribution in [1.82, 2.24) is 4.98 Å². The van der Waals surface area contributed by atoms with E-state index in [0.717, 1.165) is 0 Å². The van der Waals surface area contributed by atoms with Crippen LogP contribution < -0.4 is 21.5 Å². The molecule has 1 aromatic heterocycles. The van der Waals surface area contributed by atoms with Gasteiger partial charge in [-0.3, -0.25) is 4.79 Å². The number of nitrogens with zero attached hydrogens (tertiary/aromatic N) is 1. The van der Waals surface area contributed by atoms with Crippen LogP contribution in [0.5, 0.6) is 5.75 Å². The number of aromatic nitrogens is 1. The van der Waals surface area contributed by atoms with Crippen LogP contribution in [0, 0.1) is 0 Å². The zero-order valence-electron chi connectivity index (χ0n) is 14.7. The van der Waals surface area contributed by atoms with Gasteiger partial charge in [-0.25, -0.2) is 4.98 Å². The minimum atomic E-state index is -3.04. The number of benzene rings is 1. The van der Waals surface area contributed by atoms with Gasteiger partial charge in [0.2, 0.25) is 0 Å². The molecule has 0 saturated carbocycles. The Hall–Kier alpha value is -2.17. The number of nitrogens with two attached hydrogens (primary N) is 2. The number of anilines is 2. The quantitative estimate of drug-likeness (QED) is 0.391. The highest BCUT2D eigenvalue weighted by molar-refractivity contribution is 9.10. The number of methoxy groups -OCH3 is 1. The van der Waals surface area contributed by atoms with E-state index in [1.54, 1.807) is 12.1 Å². The van der Waals surface area contributed by atoms with Crippen LogP contribution in [-0.2, 0) is 9.53 Å². The van der Waals surface area contributed by atoms with E-state index >= 15 is 0 Å². The van der Waals surface area contributed by atoms with Crippen molar-refractivity contribution in [2.24, 2.45) is 5.73 Å². The minimum absolute atomic E-state index is 0.00569. The Balaban J connectivity index is 2.49. The summed E-state index contributed by atoms with van der Waals surface area (Å²) in [5.74, 6) is -0.742. The van der Waals surface area contributed by atoms with E-state index < -0.39 is 24.7 Å². The van der Waals surface area contributed by atoms with Crippen molar-refractivity contribution in [1.29, 1.82) is 0 Å². The molecule has 0 saturated heterocycles. The molecule has 1 heterocycles. The second-order valence-corrected chi connectivity index (χ2v) is 6.93. The SMILES string of the molecule is COC(=O)[C@H](N)C[C@@H](Nc1cc(Cl)ncc1N)c1c(Br)cccc1OC(F)F. The fourth-order valence-electron chi connectivity index (χ4n) is 2.56. The van der Waals surface area contributed by atoms with Crippen LogP contribution in [-0.4, -0.2) is 30.7 Å². The molecular formula is C17H18BrClF2N4O3. The number of carbonyl (C=O) groups excluding carboxylic acids is 1. The summed E-state index contributed by atoms with van der Waals surface area (Å²) in [6.45, 7) is -3.04. The monoisotopic (exact) mass is 478 g/mol. The lowest BCUT2D eigenvalue weighted by Crippen LogP contribution is -2.35. The first kappa shape index (κ1) is 22.1. The first-order chi connectivity index (χ1) is 13.2. The summed E-state index contributed by atoms with van der Waals surface area (Å²) in [4.78, 5) is 15.7. The number of halogens is 4. The van der Waals surface area contributed by atoms with Crippen molar-refractivity contribution in [2.45, 2.75) is 25.1 Å². The molecule has 28 heavy (non-hydrogen) atoms. The summed E-state index contributed by atoms with van der Waals surface area (Å²) in [6.07, 6.45) is 1.34. The Bertz CT molecular complexity index is 844. The molecule has 1 aromatic carbocycles. The molecule has 11 heteroatoms. The molecule has 0 fully saturated rings. The number of rotatable bonds is 8. The van der Waals surface area contributed by atoms with Gasteiger partial charge in [0, 0.05) is 16.1 Å². The Morgan fingerprint density at radius 1 is 1.43 bits per heavy atom. The van der Waals surface area contributed by atoms with E-state index in [1.165, 1.54) is 25.4 Å². The van der Waals surface area contributed by atoms with Crippen molar-refractivity contribution in [3.8, 4) is 5.75 Å². The maximum absolute atomic E-state index is 12.9. The molecule has 0 amide bonds. The average Bonchev–Trinajstić information content (AvgIpc) is 2.63. The Labute approximate surface area is 173 Å². The Morgan fingerprint density at radius 3 is 2.79 bits per heavy atom. The van der Waals surface area contributed by atoms with Crippen LogP contribution in [0.3, 0.4) is 0 Å². The molecule has 0 aliphatic heterocycles. The van der Waals surface area contributed by atoms with E-state index in [-0.39, 0.29) is 23.0 Å². The van der Waals surface area contributed by atoms with Gasteiger partial charge in [0.25, 0.3) is 0 Å². The molecule has 0 radical (unpaired) electrons. The minimum Gasteiger partial charge on any atom is -0.468 e. The van der Waals surface area contributed by atoms with Crippen LogP contribution >= 0.6 is 27.5 Å². The van der Waals surface area contributed by atoms with E-state index in [2.05, 4.69) is 35.7 Å². The van der Waals surface area contributed by atoms with E-state index in [9.17, 15) is 13.6 Å². The van der Waals surface area contributed by atoms with E-state index in [4.69, 9.17) is 23.1 Å². The summed E-state index contributed by atoms with van der Waals surface area (Å²) in [5, 5.41) is 3.25. The summed E-state index contributed by atoms with van der Waals surface area (Å²) < 4.78 is 35.5. The first-order valence-corrected chi connectivity index (χ1v) is 9.14. The summed E-state index contributed by atoms with van der Waals surface area (Å²) in [5.41, 5.74) is 12.8. The van der Waals surface area contributed by atoms with Gasteiger partial charge in [-0.1, -0.05) is 33.6 Å². The average molecular weight is 480 g/mol. The molecule has 0 bridgehead atoms. The molecular weight excluding hydrogens is 462 g/mol. The van der Waals surface area contributed by atoms with Gasteiger partial charge in [-0.15, -0.1) is 0 Å². The number of pyridine rings is 1. The number of nitrogens with one attached hydrogen (secondary N) is 1. The number of esters is 1. The summed E-state index contributed by atoms with van der Waals surface area (Å²) in [7, 11) is 1.20. The number of hydrogen-bond acceptors (Lipinski definition) is 7. The molecule has 7 nitrogen and oxygen atoms in total. The molecule has 152 valence electrons. The number of carbonyl (C=O) groups is 1. The maximum atomic E-state index is 12.9. The molecule has 5 N–H and O–H groups in total. The molecule has 0 aliphatic rings. The summed E-state index contributed by atoms with van der Waals surface area (Å²) in [6, 6.07) is 4.26. The predicted molar refractivity (Wildman–Crippen MR) is 105 cm³/mol. The fraction of sp³-hybridized carbons (Fsp3) is 0.294. The summed E-state index contributed by atoms with van der Waals surface area (Å²) >= 11 is 9.25.